The zero-order chi connectivity index (χ0) is 16.9. The summed E-state index contributed by atoms with van der Waals surface area (Å²) in [4.78, 5) is 19.7. The maximum absolute atomic E-state index is 12.8. The molecule has 1 amide bonds. The van der Waals surface area contributed by atoms with Crippen LogP contribution in [0.1, 0.15) is 28.8 Å². The van der Waals surface area contributed by atoms with Crippen LogP contribution >= 0.6 is 0 Å². The minimum atomic E-state index is 0.00947. The summed E-state index contributed by atoms with van der Waals surface area (Å²) >= 11 is 0. The van der Waals surface area contributed by atoms with Crippen molar-refractivity contribution in [2.75, 3.05) is 52.9 Å². The average Bonchev–Trinajstić information content (AvgIpc) is 2.63. The van der Waals surface area contributed by atoms with Gasteiger partial charge in [0, 0.05) is 45.8 Å². The standard InChI is InChI=1S/C19H26N4O/c1-21-9-11-22(12-10-21)14-16-5-4-8-23(15-16)19(24)18-7-3-2-6-17(18)13-20/h2-3,6-7,16H,4-5,8-12,14-15H2,1H3/t16-/m0/s1. The predicted octanol–water partition coefficient (Wildman–Crippen LogP) is 1.66. The van der Waals surface area contributed by atoms with E-state index in [0.717, 1.165) is 52.2 Å². The first-order valence-electron chi connectivity index (χ1n) is 8.86. The van der Waals surface area contributed by atoms with Gasteiger partial charge in [0.05, 0.1) is 17.2 Å². The van der Waals surface area contributed by atoms with Crippen molar-refractivity contribution in [3.63, 3.8) is 0 Å². The Morgan fingerprint density at radius 3 is 2.71 bits per heavy atom. The van der Waals surface area contributed by atoms with Crippen LogP contribution in [0.25, 0.3) is 0 Å². The van der Waals surface area contributed by atoms with Gasteiger partial charge in [-0.25, -0.2) is 0 Å². The van der Waals surface area contributed by atoms with Crippen LogP contribution < -0.4 is 0 Å². The van der Waals surface area contributed by atoms with Gasteiger partial charge in [-0.2, -0.15) is 5.26 Å². The van der Waals surface area contributed by atoms with E-state index < -0.39 is 0 Å². The highest BCUT2D eigenvalue weighted by Gasteiger charge is 2.27. The van der Waals surface area contributed by atoms with Gasteiger partial charge in [0.25, 0.3) is 5.91 Å². The number of likely N-dealkylation sites (tertiary alicyclic amines) is 1. The van der Waals surface area contributed by atoms with Gasteiger partial charge in [-0.1, -0.05) is 12.1 Å². The molecule has 0 aliphatic carbocycles. The van der Waals surface area contributed by atoms with Gasteiger partial charge >= 0.3 is 0 Å². The number of carbonyl (C=O) groups excluding carboxylic acids is 1. The molecule has 0 unspecified atom stereocenters. The smallest absolute Gasteiger partial charge is 0.255 e. The van der Waals surface area contributed by atoms with E-state index >= 15 is 0 Å². The van der Waals surface area contributed by atoms with Crippen LogP contribution in [-0.2, 0) is 0 Å². The number of carbonyl (C=O) groups is 1. The molecule has 2 saturated heterocycles. The Hall–Kier alpha value is -1.90. The molecule has 3 rings (SSSR count). The molecule has 2 fully saturated rings. The van der Waals surface area contributed by atoms with Crippen molar-refractivity contribution < 1.29 is 4.79 Å². The van der Waals surface area contributed by atoms with Crippen LogP contribution in [0.3, 0.4) is 0 Å². The van der Waals surface area contributed by atoms with E-state index in [2.05, 4.69) is 22.9 Å². The number of benzene rings is 1. The van der Waals surface area contributed by atoms with Crippen LogP contribution in [0.4, 0.5) is 0 Å². The highest BCUT2D eigenvalue weighted by atomic mass is 16.2. The van der Waals surface area contributed by atoms with Crippen molar-refractivity contribution in [2.45, 2.75) is 12.8 Å². The molecule has 0 aromatic heterocycles. The molecule has 5 heteroatoms. The van der Waals surface area contributed by atoms with E-state index in [4.69, 9.17) is 0 Å². The summed E-state index contributed by atoms with van der Waals surface area (Å²) in [7, 11) is 2.17. The van der Waals surface area contributed by atoms with E-state index in [1.54, 1.807) is 12.1 Å². The van der Waals surface area contributed by atoms with Gasteiger partial charge in [0.2, 0.25) is 0 Å². The quantitative estimate of drug-likeness (QED) is 0.848. The van der Waals surface area contributed by atoms with Crippen LogP contribution in [-0.4, -0.2) is 73.5 Å². The number of piperidine rings is 1. The zero-order valence-corrected chi connectivity index (χ0v) is 14.4. The Labute approximate surface area is 144 Å². The molecule has 1 aromatic rings. The highest BCUT2D eigenvalue weighted by Crippen LogP contribution is 2.21. The monoisotopic (exact) mass is 326 g/mol. The van der Waals surface area contributed by atoms with E-state index in [9.17, 15) is 10.1 Å². The molecule has 5 nitrogen and oxygen atoms in total. The summed E-state index contributed by atoms with van der Waals surface area (Å²) in [6, 6.07) is 9.27. The maximum Gasteiger partial charge on any atom is 0.255 e. The van der Waals surface area contributed by atoms with Crippen molar-refractivity contribution in [2.24, 2.45) is 5.92 Å². The minimum Gasteiger partial charge on any atom is -0.338 e. The van der Waals surface area contributed by atoms with Crippen molar-refractivity contribution in [3.05, 3.63) is 35.4 Å². The van der Waals surface area contributed by atoms with Crippen LogP contribution in [0.15, 0.2) is 24.3 Å². The molecular weight excluding hydrogens is 300 g/mol. The number of amides is 1. The molecule has 24 heavy (non-hydrogen) atoms. The van der Waals surface area contributed by atoms with Crippen molar-refractivity contribution >= 4 is 5.91 Å². The summed E-state index contributed by atoms with van der Waals surface area (Å²) in [5, 5.41) is 9.22. The number of hydrogen-bond donors (Lipinski definition) is 0. The van der Waals surface area contributed by atoms with E-state index in [-0.39, 0.29) is 5.91 Å². The molecule has 1 aromatic carbocycles. The third kappa shape index (κ3) is 3.95. The Kier molecular flexibility index (Phi) is 5.49. The lowest BCUT2D eigenvalue weighted by Crippen LogP contribution is -2.49. The fraction of sp³-hybridized carbons (Fsp3) is 0.579. The van der Waals surface area contributed by atoms with Gasteiger partial charge in [-0.3, -0.25) is 4.79 Å². The molecule has 0 spiro atoms. The molecule has 0 bridgehead atoms. The molecule has 2 heterocycles. The first-order valence-corrected chi connectivity index (χ1v) is 8.86. The molecule has 0 saturated carbocycles. The Bertz CT molecular complexity index is 616. The number of piperazine rings is 1. The van der Waals surface area contributed by atoms with E-state index in [1.807, 2.05) is 17.0 Å². The Balaban J connectivity index is 1.61. The third-order valence-electron chi connectivity index (χ3n) is 5.20. The van der Waals surface area contributed by atoms with Crippen LogP contribution in [0, 0.1) is 17.2 Å². The second-order valence-electron chi connectivity index (χ2n) is 7.02. The van der Waals surface area contributed by atoms with Crippen molar-refractivity contribution in [3.8, 4) is 6.07 Å². The van der Waals surface area contributed by atoms with Gasteiger partial charge in [-0.05, 0) is 37.9 Å². The second-order valence-corrected chi connectivity index (χ2v) is 7.02. The van der Waals surface area contributed by atoms with E-state index in [0.29, 0.717) is 17.0 Å². The summed E-state index contributed by atoms with van der Waals surface area (Å²) in [6.07, 6.45) is 2.24. The topological polar surface area (TPSA) is 50.6 Å². The van der Waals surface area contributed by atoms with Crippen LogP contribution in [0.2, 0.25) is 0 Å². The predicted molar refractivity (Wildman–Crippen MR) is 93.7 cm³/mol. The van der Waals surface area contributed by atoms with Gasteiger partial charge in [-0.15, -0.1) is 0 Å². The molecule has 128 valence electrons. The lowest BCUT2D eigenvalue weighted by atomic mass is 9.96. The number of rotatable bonds is 3. The van der Waals surface area contributed by atoms with Crippen LogP contribution in [0.5, 0.6) is 0 Å². The number of hydrogen-bond acceptors (Lipinski definition) is 4. The summed E-state index contributed by atoms with van der Waals surface area (Å²) in [6.45, 7) is 7.20. The zero-order valence-electron chi connectivity index (χ0n) is 14.4. The SMILES string of the molecule is CN1CCN(C[C@@H]2CCCN(C(=O)c3ccccc3C#N)C2)CC1. The molecule has 0 radical (unpaired) electrons. The summed E-state index contributed by atoms with van der Waals surface area (Å²) in [5.41, 5.74) is 1.02. The average molecular weight is 326 g/mol. The number of likely N-dealkylation sites (N-methyl/N-ethyl adjacent to an activating group) is 1. The summed E-state index contributed by atoms with van der Waals surface area (Å²) < 4.78 is 0. The summed E-state index contributed by atoms with van der Waals surface area (Å²) in [5.74, 6) is 0.551. The molecular formula is C19H26N4O. The molecule has 2 aliphatic rings. The number of nitrogens with zero attached hydrogens (tertiary/aromatic N) is 4. The number of nitriles is 1. The fourth-order valence-corrected chi connectivity index (χ4v) is 3.73. The lowest BCUT2D eigenvalue weighted by molar-refractivity contribution is 0.0609. The van der Waals surface area contributed by atoms with Crippen molar-refractivity contribution in [1.82, 2.24) is 14.7 Å². The third-order valence-corrected chi connectivity index (χ3v) is 5.20. The first-order chi connectivity index (χ1) is 11.7. The fourth-order valence-electron chi connectivity index (χ4n) is 3.73. The maximum atomic E-state index is 12.8. The Morgan fingerprint density at radius 2 is 1.96 bits per heavy atom. The Morgan fingerprint density at radius 1 is 1.21 bits per heavy atom. The molecule has 1 atom stereocenters. The highest BCUT2D eigenvalue weighted by molar-refractivity contribution is 5.96. The largest absolute Gasteiger partial charge is 0.338 e. The van der Waals surface area contributed by atoms with Gasteiger partial charge in [0.1, 0.15) is 0 Å². The molecule has 2 aliphatic heterocycles. The van der Waals surface area contributed by atoms with Crippen molar-refractivity contribution in [1.29, 1.82) is 5.26 Å². The normalized spacial score (nSPS) is 23.0. The first kappa shape index (κ1) is 16.9. The second kappa shape index (κ2) is 7.78. The van der Waals surface area contributed by atoms with Gasteiger partial charge in [0.15, 0.2) is 0 Å². The van der Waals surface area contributed by atoms with Gasteiger partial charge < -0.3 is 14.7 Å². The van der Waals surface area contributed by atoms with E-state index in [1.165, 1.54) is 6.42 Å². The lowest BCUT2D eigenvalue weighted by Gasteiger charge is -2.38. The minimum absolute atomic E-state index is 0.00947. The molecule has 0 N–H and O–H groups in total.